The zero-order valence-corrected chi connectivity index (χ0v) is 10.6. The largest absolute Gasteiger partial charge is 0.293 e. The zero-order valence-electron chi connectivity index (χ0n) is 8.99. The van der Waals surface area contributed by atoms with E-state index in [2.05, 4.69) is 15.0 Å². The number of rotatable bonds is 4. The number of sulfonamides is 1. The SMILES string of the molecule is N#CNc1ccc(S(=O)(=O)Nc2nccs2)cc1. The summed E-state index contributed by atoms with van der Waals surface area (Å²) in [6.45, 7) is 0. The van der Waals surface area contributed by atoms with Crippen molar-refractivity contribution in [2.75, 3.05) is 10.0 Å². The Bertz CT molecular complexity index is 657. The second kappa shape index (κ2) is 5.03. The molecule has 0 aliphatic carbocycles. The van der Waals surface area contributed by atoms with Crippen LogP contribution in [0.25, 0.3) is 0 Å². The molecule has 0 spiro atoms. The van der Waals surface area contributed by atoms with Crippen molar-refractivity contribution in [3.05, 3.63) is 35.8 Å². The molecular formula is C10H8N4O2S2. The van der Waals surface area contributed by atoms with Crippen molar-refractivity contribution in [2.45, 2.75) is 4.90 Å². The lowest BCUT2D eigenvalue weighted by atomic mass is 10.3. The second-order valence-corrected chi connectivity index (χ2v) is 5.78. The molecule has 0 unspecified atom stereocenters. The van der Waals surface area contributed by atoms with Gasteiger partial charge in [0.1, 0.15) is 0 Å². The summed E-state index contributed by atoms with van der Waals surface area (Å²) in [5.41, 5.74) is 0.533. The van der Waals surface area contributed by atoms with Crippen molar-refractivity contribution in [3.63, 3.8) is 0 Å². The van der Waals surface area contributed by atoms with E-state index in [0.29, 0.717) is 10.8 Å². The monoisotopic (exact) mass is 280 g/mol. The molecule has 0 aliphatic heterocycles. The summed E-state index contributed by atoms with van der Waals surface area (Å²) < 4.78 is 26.2. The Morgan fingerprint density at radius 3 is 2.56 bits per heavy atom. The summed E-state index contributed by atoms with van der Waals surface area (Å²) in [7, 11) is -3.63. The maximum Gasteiger partial charge on any atom is 0.263 e. The van der Waals surface area contributed by atoms with E-state index in [1.54, 1.807) is 11.6 Å². The quantitative estimate of drug-likeness (QED) is 0.658. The van der Waals surface area contributed by atoms with Gasteiger partial charge in [0, 0.05) is 17.3 Å². The first-order chi connectivity index (χ1) is 8.62. The van der Waals surface area contributed by atoms with Crippen molar-refractivity contribution in [1.29, 1.82) is 5.26 Å². The van der Waals surface area contributed by atoms with Gasteiger partial charge in [-0.3, -0.25) is 10.0 Å². The van der Waals surface area contributed by atoms with E-state index >= 15 is 0 Å². The zero-order chi connectivity index (χ0) is 13.0. The average Bonchev–Trinajstić information content (AvgIpc) is 2.82. The highest BCUT2D eigenvalue weighted by atomic mass is 32.2. The molecular weight excluding hydrogens is 272 g/mol. The number of nitrogens with one attached hydrogen (secondary N) is 2. The Labute approximate surface area is 108 Å². The molecule has 2 aromatic rings. The number of benzene rings is 1. The minimum Gasteiger partial charge on any atom is -0.293 e. The van der Waals surface area contributed by atoms with E-state index in [9.17, 15) is 8.42 Å². The van der Waals surface area contributed by atoms with E-state index in [1.807, 2.05) is 0 Å². The van der Waals surface area contributed by atoms with Gasteiger partial charge < -0.3 is 0 Å². The van der Waals surface area contributed by atoms with Gasteiger partial charge in [0.15, 0.2) is 11.3 Å². The van der Waals surface area contributed by atoms with Crippen LogP contribution < -0.4 is 10.0 Å². The average molecular weight is 280 g/mol. The van der Waals surface area contributed by atoms with E-state index < -0.39 is 10.0 Å². The van der Waals surface area contributed by atoms with E-state index in [4.69, 9.17) is 5.26 Å². The fourth-order valence-corrected chi connectivity index (χ4v) is 3.02. The fraction of sp³-hybridized carbons (Fsp3) is 0. The molecule has 1 aromatic heterocycles. The summed E-state index contributed by atoms with van der Waals surface area (Å²) in [6.07, 6.45) is 3.27. The first-order valence-corrected chi connectivity index (χ1v) is 7.15. The van der Waals surface area contributed by atoms with Gasteiger partial charge in [0.2, 0.25) is 0 Å². The molecule has 1 heterocycles. The third-order valence-corrected chi connectivity index (χ3v) is 4.19. The molecule has 0 atom stereocenters. The number of hydrogen-bond acceptors (Lipinski definition) is 6. The Balaban J connectivity index is 2.22. The van der Waals surface area contributed by atoms with Gasteiger partial charge in [-0.1, -0.05) is 0 Å². The van der Waals surface area contributed by atoms with Crippen LogP contribution in [0.2, 0.25) is 0 Å². The molecule has 2 N–H and O–H groups in total. The summed E-state index contributed by atoms with van der Waals surface area (Å²) in [5, 5.41) is 12.8. The molecule has 0 radical (unpaired) electrons. The minimum atomic E-state index is -3.63. The highest BCUT2D eigenvalue weighted by molar-refractivity contribution is 7.93. The number of anilines is 2. The Morgan fingerprint density at radius 2 is 2.00 bits per heavy atom. The first-order valence-electron chi connectivity index (χ1n) is 4.79. The van der Waals surface area contributed by atoms with Gasteiger partial charge in [-0.05, 0) is 24.3 Å². The molecule has 0 saturated heterocycles. The van der Waals surface area contributed by atoms with Crippen LogP contribution in [-0.2, 0) is 10.0 Å². The Hall–Kier alpha value is -2.11. The van der Waals surface area contributed by atoms with Crippen LogP contribution in [-0.4, -0.2) is 13.4 Å². The van der Waals surface area contributed by atoms with E-state index in [0.717, 1.165) is 0 Å². The summed E-state index contributed by atoms with van der Waals surface area (Å²) in [4.78, 5) is 3.96. The van der Waals surface area contributed by atoms with Gasteiger partial charge in [0.25, 0.3) is 10.0 Å². The molecule has 1 aromatic carbocycles. The van der Waals surface area contributed by atoms with Gasteiger partial charge >= 0.3 is 0 Å². The van der Waals surface area contributed by atoms with Gasteiger partial charge in [-0.15, -0.1) is 11.3 Å². The van der Waals surface area contributed by atoms with Gasteiger partial charge in [0.05, 0.1) is 4.90 Å². The highest BCUT2D eigenvalue weighted by Crippen LogP contribution is 2.19. The smallest absolute Gasteiger partial charge is 0.263 e. The molecule has 2 rings (SSSR count). The third-order valence-electron chi connectivity index (χ3n) is 2.02. The third kappa shape index (κ3) is 2.77. The van der Waals surface area contributed by atoms with Crippen molar-refractivity contribution in [1.82, 2.24) is 4.98 Å². The highest BCUT2D eigenvalue weighted by Gasteiger charge is 2.14. The van der Waals surface area contributed by atoms with Crippen LogP contribution in [0.4, 0.5) is 10.8 Å². The Morgan fingerprint density at radius 1 is 1.28 bits per heavy atom. The summed E-state index contributed by atoms with van der Waals surface area (Å²) >= 11 is 1.20. The number of hydrogen-bond donors (Lipinski definition) is 2. The van der Waals surface area contributed by atoms with Crippen molar-refractivity contribution in [2.24, 2.45) is 0 Å². The predicted octanol–water partition coefficient (Wildman–Crippen LogP) is 1.84. The lowest BCUT2D eigenvalue weighted by Crippen LogP contribution is -2.12. The van der Waals surface area contributed by atoms with Crippen LogP contribution in [0.3, 0.4) is 0 Å². The van der Waals surface area contributed by atoms with Crippen LogP contribution in [0.5, 0.6) is 0 Å². The number of thiazole rings is 1. The lowest BCUT2D eigenvalue weighted by Gasteiger charge is -2.05. The van der Waals surface area contributed by atoms with Gasteiger partial charge in [-0.25, -0.2) is 13.4 Å². The maximum absolute atomic E-state index is 11.9. The predicted molar refractivity (Wildman–Crippen MR) is 68.6 cm³/mol. The molecule has 6 nitrogen and oxygen atoms in total. The van der Waals surface area contributed by atoms with E-state index in [-0.39, 0.29) is 4.90 Å². The number of aromatic nitrogens is 1. The van der Waals surface area contributed by atoms with Crippen LogP contribution in [0.1, 0.15) is 0 Å². The van der Waals surface area contributed by atoms with E-state index in [1.165, 1.54) is 41.8 Å². The van der Waals surface area contributed by atoms with Crippen LogP contribution in [0, 0.1) is 11.5 Å². The lowest BCUT2D eigenvalue weighted by molar-refractivity contribution is 0.601. The molecule has 0 fully saturated rings. The number of nitriles is 1. The maximum atomic E-state index is 11.9. The second-order valence-electron chi connectivity index (χ2n) is 3.20. The standard InChI is InChI=1S/C10H8N4O2S2/c11-7-13-8-1-3-9(4-2-8)18(15,16)14-10-12-5-6-17-10/h1-6,13H,(H,12,14). The molecule has 0 amide bonds. The number of nitrogens with zero attached hydrogens (tertiary/aromatic N) is 2. The topological polar surface area (TPSA) is 94.9 Å². The molecule has 18 heavy (non-hydrogen) atoms. The molecule has 0 aliphatic rings. The van der Waals surface area contributed by atoms with Crippen LogP contribution in [0.15, 0.2) is 40.7 Å². The molecule has 0 bridgehead atoms. The summed E-state index contributed by atoms with van der Waals surface area (Å²) in [6, 6.07) is 5.85. The first kappa shape index (κ1) is 12.3. The van der Waals surface area contributed by atoms with Crippen molar-refractivity contribution >= 4 is 32.2 Å². The van der Waals surface area contributed by atoms with Crippen LogP contribution >= 0.6 is 11.3 Å². The molecule has 92 valence electrons. The fourth-order valence-electron chi connectivity index (χ4n) is 1.23. The summed E-state index contributed by atoms with van der Waals surface area (Å²) in [5.74, 6) is 0. The van der Waals surface area contributed by atoms with Gasteiger partial charge in [-0.2, -0.15) is 5.26 Å². The molecule has 8 heteroatoms. The minimum absolute atomic E-state index is 0.112. The van der Waals surface area contributed by atoms with Crippen molar-refractivity contribution in [3.8, 4) is 6.19 Å². The van der Waals surface area contributed by atoms with Crippen molar-refractivity contribution < 1.29 is 8.42 Å². The molecule has 0 saturated carbocycles. The normalized spacial score (nSPS) is 10.6. The Kier molecular flexibility index (Phi) is 3.45.